The number of hydrogen-bond acceptors (Lipinski definition) is 4. The average Bonchev–Trinajstić information content (AvgIpc) is 3.01. The predicted molar refractivity (Wildman–Crippen MR) is 107 cm³/mol. The van der Waals surface area contributed by atoms with Crippen LogP contribution in [0, 0.1) is 20.8 Å². The first kappa shape index (κ1) is 20.0. The molecule has 7 heteroatoms. The molecular weight excluding hydrogens is 423 g/mol. The van der Waals surface area contributed by atoms with E-state index in [-0.39, 0.29) is 24.0 Å². The summed E-state index contributed by atoms with van der Waals surface area (Å²) in [5, 5.41) is 6.63. The summed E-state index contributed by atoms with van der Waals surface area (Å²) in [6, 6.07) is 4.65. The summed E-state index contributed by atoms with van der Waals surface area (Å²) in [7, 11) is 1.77. The zero-order chi connectivity index (χ0) is 16.1. The van der Waals surface area contributed by atoms with E-state index in [0.717, 1.165) is 23.8 Å². The third-order valence-electron chi connectivity index (χ3n) is 3.39. The molecule has 0 saturated heterocycles. The van der Waals surface area contributed by atoms with Crippen molar-refractivity contribution in [3.8, 4) is 0 Å². The highest BCUT2D eigenvalue weighted by Gasteiger charge is 2.10. The minimum Gasteiger partial charge on any atom is -0.444 e. The Morgan fingerprint density at radius 2 is 2.09 bits per heavy atom. The van der Waals surface area contributed by atoms with Gasteiger partial charge in [-0.3, -0.25) is 4.99 Å². The lowest BCUT2D eigenvalue weighted by atomic mass is 10.2. The molecule has 23 heavy (non-hydrogen) atoms. The van der Waals surface area contributed by atoms with Crippen molar-refractivity contribution in [1.29, 1.82) is 0 Å². The Labute approximate surface area is 159 Å². The second-order valence-electron chi connectivity index (χ2n) is 5.44. The summed E-state index contributed by atoms with van der Waals surface area (Å²) in [5.41, 5.74) is 0.932. The van der Waals surface area contributed by atoms with Gasteiger partial charge in [0.05, 0.1) is 12.2 Å². The van der Waals surface area contributed by atoms with Crippen molar-refractivity contribution in [2.24, 2.45) is 4.99 Å². The first-order valence-corrected chi connectivity index (χ1v) is 8.25. The van der Waals surface area contributed by atoms with E-state index < -0.39 is 0 Å². The number of thiophene rings is 1. The third kappa shape index (κ3) is 6.14. The monoisotopic (exact) mass is 448 g/mol. The lowest BCUT2D eigenvalue weighted by Crippen LogP contribution is -2.42. The Kier molecular flexibility index (Phi) is 8.04. The SMILES string of the molecule is CN=C(NCc1nc(C)c(C)o1)NC(C)Cc1ccc(C)s1.I. The molecule has 2 rings (SSSR count). The molecule has 1 atom stereocenters. The van der Waals surface area contributed by atoms with Crippen LogP contribution in [-0.4, -0.2) is 24.0 Å². The maximum Gasteiger partial charge on any atom is 0.214 e. The number of guanidine groups is 1. The highest BCUT2D eigenvalue weighted by atomic mass is 127. The topological polar surface area (TPSA) is 62.5 Å². The summed E-state index contributed by atoms with van der Waals surface area (Å²) in [6.07, 6.45) is 0.983. The van der Waals surface area contributed by atoms with Gasteiger partial charge in [-0.25, -0.2) is 4.98 Å². The Morgan fingerprint density at radius 1 is 1.35 bits per heavy atom. The summed E-state index contributed by atoms with van der Waals surface area (Å²) < 4.78 is 5.56. The molecule has 0 saturated carbocycles. The number of aliphatic imine (C=N–C) groups is 1. The molecule has 2 aromatic heterocycles. The van der Waals surface area contributed by atoms with E-state index in [1.54, 1.807) is 7.05 Å². The van der Waals surface area contributed by atoms with Crippen molar-refractivity contribution >= 4 is 41.3 Å². The number of nitrogens with zero attached hydrogens (tertiary/aromatic N) is 2. The number of aryl methyl sites for hydroxylation is 3. The third-order valence-corrected chi connectivity index (χ3v) is 4.41. The van der Waals surface area contributed by atoms with Crippen molar-refractivity contribution < 1.29 is 4.42 Å². The second-order valence-corrected chi connectivity index (χ2v) is 6.81. The van der Waals surface area contributed by atoms with E-state index in [2.05, 4.69) is 46.6 Å². The van der Waals surface area contributed by atoms with E-state index in [1.165, 1.54) is 9.75 Å². The van der Waals surface area contributed by atoms with Crippen molar-refractivity contribution in [2.45, 2.75) is 46.7 Å². The molecule has 0 bridgehead atoms. The van der Waals surface area contributed by atoms with Crippen LogP contribution in [0.1, 0.15) is 34.0 Å². The number of rotatable bonds is 5. The fourth-order valence-electron chi connectivity index (χ4n) is 2.15. The van der Waals surface area contributed by atoms with E-state index in [4.69, 9.17) is 4.42 Å². The van der Waals surface area contributed by atoms with Gasteiger partial charge in [0.15, 0.2) is 5.96 Å². The second kappa shape index (κ2) is 9.27. The normalized spacial score (nSPS) is 12.7. The van der Waals surface area contributed by atoms with Crippen LogP contribution in [0.15, 0.2) is 21.5 Å². The van der Waals surface area contributed by atoms with Crippen molar-refractivity contribution in [3.05, 3.63) is 39.2 Å². The Bertz CT molecular complexity index is 631. The Hall–Kier alpha value is -1.09. The zero-order valence-electron chi connectivity index (χ0n) is 14.3. The highest BCUT2D eigenvalue weighted by molar-refractivity contribution is 14.0. The Balaban J connectivity index is 0.00000264. The molecule has 0 aromatic carbocycles. The van der Waals surface area contributed by atoms with Crippen molar-refractivity contribution in [2.75, 3.05) is 7.05 Å². The van der Waals surface area contributed by atoms with Crippen molar-refractivity contribution in [1.82, 2.24) is 15.6 Å². The number of aromatic nitrogens is 1. The van der Waals surface area contributed by atoms with Crippen LogP contribution in [-0.2, 0) is 13.0 Å². The molecule has 2 heterocycles. The number of nitrogens with one attached hydrogen (secondary N) is 2. The van der Waals surface area contributed by atoms with Gasteiger partial charge in [-0.15, -0.1) is 35.3 Å². The summed E-state index contributed by atoms with van der Waals surface area (Å²) in [5.74, 6) is 2.30. The molecule has 0 radical (unpaired) electrons. The van der Waals surface area contributed by atoms with Crippen LogP contribution in [0.3, 0.4) is 0 Å². The largest absolute Gasteiger partial charge is 0.444 e. The molecule has 0 aliphatic carbocycles. The molecule has 2 aromatic rings. The first-order valence-electron chi connectivity index (χ1n) is 7.43. The predicted octanol–water partition coefficient (Wildman–Crippen LogP) is 3.58. The molecular formula is C16H25IN4OS. The van der Waals surface area contributed by atoms with Gasteiger partial charge < -0.3 is 15.1 Å². The van der Waals surface area contributed by atoms with Crippen molar-refractivity contribution in [3.63, 3.8) is 0 Å². The average molecular weight is 448 g/mol. The molecule has 2 N–H and O–H groups in total. The number of halogens is 1. The van der Waals surface area contributed by atoms with E-state index >= 15 is 0 Å². The number of oxazole rings is 1. The van der Waals surface area contributed by atoms with Gasteiger partial charge in [-0.2, -0.15) is 0 Å². The van der Waals surface area contributed by atoms with Crippen LogP contribution in [0.5, 0.6) is 0 Å². The first-order chi connectivity index (χ1) is 10.5. The van der Waals surface area contributed by atoms with Gasteiger partial charge in [-0.1, -0.05) is 0 Å². The lowest BCUT2D eigenvalue weighted by Gasteiger charge is -2.16. The van der Waals surface area contributed by atoms with E-state index in [9.17, 15) is 0 Å². The fourth-order valence-corrected chi connectivity index (χ4v) is 3.17. The maximum atomic E-state index is 5.56. The van der Waals surface area contributed by atoms with Gasteiger partial charge in [0.1, 0.15) is 5.76 Å². The molecule has 0 aliphatic rings. The molecule has 128 valence electrons. The number of hydrogen-bond donors (Lipinski definition) is 2. The summed E-state index contributed by atoms with van der Waals surface area (Å²) in [4.78, 5) is 11.3. The van der Waals surface area contributed by atoms with Crippen LogP contribution in [0.2, 0.25) is 0 Å². The molecule has 0 spiro atoms. The van der Waals surface area contributed by atoms with Gasteiger partial charge >= 0.3 is 0 Å². The summed E-state index contributed by atoms with van der Waals surface area (Å²) in [6.45, 7) is 8.68. The fraction of sp³-hybridized carbons (Fsp3) is 0.500. The zero-order valence-corrected chi connectivity index (χ0v) is 17.4. The lowest BCUT2D eigenvalue weighted by molar-refractivity contribution is 0.463. The molecule has 0 fully saturated rings. The van der Waals surface area contributed by atoms with Gasteiger partial charge in [0.25, 0.3) is 0 Å². The van der Waals surface area contributed by atoms with Gasteiger partial charge in [0.2, 0.25) is 5.89 Å². The standard InChI is InChI=1S/C16H24N4OS.HI/c1-10(8-14-7-6-11(2)22-14)19-16(17-5)18-9-15-20-12(3)13(4)21-15;/h6-7,10H,8-9H2,1-5H3,(H2,17,18,19);1H. The van der Waals surface area contributed by atoms with E-state index in [0.29, 0.717) is 18.5 Å². The maximum absolute atomic E-state index is 5.56. The van der Waals surface area contributed by atoms with Gasteiger partial charge in [-0.05, 0) is 39.8 Å². The van der Waals surface area contributed by atoms with Crippen LogP contribution in [0.4, 0.5) is 0 Å². The minimum atomic E-state index is 0. The molecule has 0 amide bonds. The smallest absolute Gasteiger partial charge is 0.214 e. The summed E-state index contributed by atoms with van der Waals surface area (Å²) >= 11 is 1.84. The molecule has 1 unspecified atom stereocenters. The van der Waals surface area contributed by atoms with E-state index in [1.807, 2.05) is 25.2 Å². The van der Waals surface area contributed by atoms with Gasteiger partial charge in [0, 0.05) is 29.3 Å². The minimum absolute atomic E-state index is 0. The van der Waals surface area contributed by atoms with Crippen LogP contribution >= 0.6 is 35.3 Å². The van der Waals surface area contributed by atoms with Crippen LogP contribution in [0.25, 0.3) is 0 Å². The van der Waals surface area contributed by atoms with Crippen LogP contribution < -0.4 is 10.6 Å². The molecule has 0 aliphatic heterocycles. The molecule has 5 nitrogen and oxygen atoms in total. The highest BCUT2D eigenvalue weighted by Crippen LogP contribution is 2.16. The Morgan fingerprint density at radius 3 is 2.61 bits per heavy atom. The quantitative estimate of drug-likeness (QED) is 0.417.